The van der Waals surface area contributed by atoms with E-state index in [-0.39, 0.29) is 5.91 Å². The van der Waals surface area contributed by atoms with E-state index in [4.69, 9.17) is 4.74 Å². The highest BCUT2D eigenvalue weighted by Crippen LogP contribution is 2.22. The summed E-state index contributed by atoms with van der Waals surface area (Å²) in [5.74, 6) is 0.811. The van der Waals surface area contributed by atoms with E-state index >= 15 is 0 Å². The van der Waals surface area contributed by atoms with Crippen molar-refractivity contribution in [3.8, 4) is 5.75 Å². The van der Waals surface area contributed by atoms with Gasteiger partial charge in [0.1, 0.15) is 5.75 Å². The van der Waals surface area contributed by atoms with Gasteiger partial charge in [0.05, 0.1) is 7.11 Å². The summed E-state index contributed by atoms with van der Waals surface area (Å²) in [6.45, 7) is 4.76. The van der Waals surface area contributed by atoms with Crippen LogP contribution in [0.1, 0.15) is 15.9 Å². The summed E-state index contributed by atoms with van der Waals surface area (Å²) in [6.07, 6.45) is 0. The zero-order valence-corrected chi connectivity index (χ0v) is 17.3. The molecule has 1 fully saturated rings. The smallest absolute Gasteiger partial charge is 0.255 e. The molecule has 1 amide bonds. The van der Waals surface area contributed by atoms with Crippen molar-refractivity contribution < 1.29 is 9.53 Å². The maximum atomic E-state index is 12.6. The number of nitrogens with zero attached hydrogens (tertiary/aromatic N) is 2. The lowest BCUT2D eigenvalue weighted by atomic mass is 10.1. The van der Waals surface area contributed by atoms with Gasteiger partial charge < -0.3 is 15.0 Å². The average Bonchev–Trinajstić information content (AvgIpc) is 2.80. The Morgan fingerprint density at radius 1 is 0.900 bits per heavy atom. The lowest BCUT2D eigenvalue weighted by molar-refractivity contribution is 0.102. The van der Waals surface area contributed by atoms with Gasteiger partial charge in [-0.15, -0.1) is 0 Å². The third-order valence-electron chi connectivity index (χ3n) is 5.42. The fourth-order valence-corrected chi connectivity index (χ4v) is 3.77. The van der Waals surface area contributed by atoms with Crippen LogP contribution in [0.25, 0.3) is 0 Å². The van der Waals surface area contributed by atoms with Crippen LogP contribution < -0.4 is 15.0 Å². The molecule has 0 saturated carbocycles. The van der Waals surface area contributed by atoms with Crippen LogP contribution in [0.3, 0.4) is 0 Å². The quantitative estimate of drug-likeness (QED) is 0.670. The number of anilines is 2. The summed E-state index contributed by atoms with van der Waals surface area (Å²) in [5.41, 5.74) is 3.85. The van der Waals surface area contributed by atoms with Crippen molar-refractivity contribution in [2.45, 2.75) is 6.54 Å². The number of rotatable bonds is 6. The zero-order valence-electron chi connectivity index (χ0n) is 17.3. The van der Waals surface area contributed by atoms with Crippen molar-refractivity contribution in [3.05, 3.63) is 90.0 Å². The molecule has 3 aromatic rings. The van der Waals surface area contributed by atoms with E-state index in [1.165, 1.54) is 5.69 Å². The topological polar surface area (TPSA) is 44.8 Å². The Hall–Kier alpha value is -3.31. The lowest BCUT2D eigenvalue weighted by Gasteiger charge is -2.36. The molecular formula is C25H27N3O2. The molecule has 0 atom stereocenters. The number of benzene rings is 3. The van der Waals surface area contributed by atoms with Crippen LogP contribution in [0.5, 0.6) is 5.75 Å². The highest BCUT2D eigenvalue weighted by Gasteiger charge is 2.18. The monoisotopic (exact) mass is 401 g/mol. The van der Waals surface area contributed by atoms with E-state index in [0.29, 0.717) is 5.56 Å². The van der Waals surface area contributed by atoms with Crippen LogP contribution in [-0.2, 0) is 6.54 Å². The number of hydrogen-bond acceptors (Lipinski definition) is 4. The average molecular weight is 402 g/mol. The third-order valence-corrected chi connectivity index (χ3v) is 5.42. The SMILES string of the molecule is COc1cccc(N2CCN(Cc3cccc(C(=O)Nc4ccccc4)c3)CC2)c1. The Labute approximate surface area is 177 Å². The van der Waals surface area contributed by atoms with Crippen LogP contribution >= 0.6 is 0 Å². The van der Waals surface area contributed by atoms with Gasteiger partial charge in [0.15, 0.2) is 0 Å². The second-order valence-electron chi connectivity index (χ2n) is 7.49. The molecule has 154 valence electrons. The Kier molecular flexibility index (Phi) is 6.30. The minimum absolute atomic E-state index is 0.0779. The lowest BCUT2D eigenvalue weighted by Crippen LogP contribution is -2.45. The molecule has 0 spiro atoms. The number of methoxy groups -OCH3 is 1. The zero-order chi connectivity index (χ0) is 20.8. The minimum Gasteiger partial charge on any atom is -0.497 e. The molecule has 0 radical (unpaired) electrons. The highest BCUT2D eigenvalue weighted by atomic mass is 16.5. The molecule has 4 rings (SSSR count). The molecule has 30 heavy (non-hydrogen) atoms. The number of carbonyl (C=O) groups excluding carboxylic acids is 1. The van der Waals surface area contributed by atoms with Gasteiger partial charge in [0.2, 0.25) is 0 Å². The number of para-hydroxylation sites is 1. The van der Waals surface area contributed by atoms with E-state index in [9.17, 15) is 4.79 Å². The number of amides is 1. The predicted octanol–water partition coefficient (Wildman–Crippen LogP) is 4.27. The molecular weight excluding hydrogens is 374 g/mol. The van der Waals surface area contributed by atoms with Crippen LogP contribution in [0, 0.1) is 0 Å². The maximum Gasteiger partial charge on any atom is 0.255 e. The Balaban J connectivity index is 1.34. The van der Waals surface area contributed by atoms with Crippen molar-refractivity contribution >= 4 is 17.3 Å². The molecule has 0 aromatic heterocycles. The van der Waals surface area contributed by atoms with E-state index in [0.717, 1.165) is 49.7 Å². The van der Waals surface area contributed by atoms with Crippen molar-refractivity contribution in [2.24, 2.45) is 0 Å². The Morgan fingerprint density at radius 2 is 1.67 bits per heavy atom. The third kappa shape index (κ3) is 4.99. The van der Waals surface area contributed by atoms with Gasteiger partial charge in [0, 0.05) is 55.7 Å². The molecule has 1 aliphatic rings. The van der Waals surface area contributed by atoms with Crippen LogP contribution in [0.15, 0.2) is 78.9 Å². The second kappa shape index (κ2) is 9.46. The van der Waals surface area contributed by atoms with Gasteiger partial charge in [-0.05, 0) is 42.0 Å². The molecule has 5 heteroatoms. The van der Waals surface area contributed by atoms with Gasteiger partial charge in [-0.3, -0.25) is 9.69 Å². The van der Waals surface area contributed by atoms with Crippen molar-refractivity contribution in [3.63, 3.8) is 0 Å². The molecule has 3 aromatic carbocycles. The molecule has 1 N–H and O–H groups in total. The summed E-state index contributed by atoms with van der Waals surface area (Å²) in [7, 11) is 1.70. The molecule has 1 aliphatic heterocycles. The summed E-state index contributed by atoms with van der Waals surface area (Å²) >= 11 is 0. The Morgan fingerprint density at radius 3 is 2.43 bits per heavy atom. The van der Waals surface area contributed by atoms with E-state index in [2.05, 4.69) is 33.3 Å². The number of hydrogen-bond donors (Lipinski definition) is 1. The summed E-state index contributed by atoms with van der Waals surface area (Å²) in [5, 5.41) is 2.95. The number of nitrogens with one attached hydrogen (secondary N) is 1. The molecule has 5 nitrogen and oxygen atoms in total. The first kappa shape index (κ1) is 20.0. The molecule has 1 heterocycles. The highest BCUT2D eigenvalue weighted by molar-refractivity contribution is 6.04. The van der Waals surface area contributed by atoms with Gasteiger partial charge in [-0.1, -0.05) is 36.4 Å². The fourth-order valence-electron chi connectivity index (χ4n) is 3.77. The standard InChI is InChI=1S/C25H27N3O2/c1-30-24-12-6-11-23(18-24)28-15-13-27(14-16-28)19-20-7-5-8-21(17-20)25(29)26-22-9-3-2-4-10-22/h2-12,17-18H,13-16,19H2,1H3,(H,26,29). The largest absolute Gasteiger partial charge is 0.497 e. The summed E-state index contributed by atoms with van der Waals surface area (Å²) in [4.78, 5) is 17.4. The van der Waals surface area contributed by atoms with Gasteiger partial charge >= 0.3 is 0 Å². The minimum atomic E-state index is -0.0779. The fraction of sp³-hybridized carbons (Fsp3) is 0.240. The van der Waals surface area contributed by atoms with E-state index < -0.39 is 0 Å². The van der Waals surface area contributed by atoms with E-state index in [1.54, 1.807) is 7.11 Å². The predicted molar refractivity (Wildman–Crippen MR) is 121 cm³/mol. The van der Waals surface area contributed by atoms with Crippen LogP contribution in [-0.4, -0.2) is 44.1 Å². The summed E-state index contributed by atoms with van der Waals surface area (Å²) in [6, 6.07) is 25.7. The molecule has 0 aliphatic carbocycles. The van der Waals surface area contributed by atoms with Gasteiger partial charge in [-0.2, -0.15) is 0 Å². The maximum absolute atomic E-state index is 12.6. The van der Waals surface area contributed by atoms with Crippen molar-refractivity contribution in [2.75, 3.05) is 43.5 Å². The summed E-state index contributed by atoms with van der Waals surface area (Å²) < 4.78 is 5.34. The van der Waals surface area contributed by atoms with Gasteiger partial charge in [-0.25, -0.2) is 0 Å². The molecule has 0 bridgehead atoms. The van der Waals surface area contributed by atoms with Crippen molar-refractivity contribution in [1.82, 2.24) is 4.90 Å². The van der Waals surface area contributed by atoms with Crippen molar-refractivity contribution in [1.29, 1.82) is 0 Å². The number of piperazine rings is 1. The first-order valence-electron chi connectivity index (χ1n) is 10.3. The molecule has 0 unspecified atom stereocenters. The molecule has 1 saturated heterocycles. The van der Waals surface area contributed by atoms with Crippen LogP contribution in [0.4, 0.5) is 11.4 Å². The first-order chi connectivity index (χ1) is 14.7. The van der Waals surface area contributed by atoms with E-state index in [1.807, 2.05) is 60.7 Å². The number of carbonyl (C=O) groups is 1. The normalized spacial score (nSPS) is 14.4. The first-order valence-corrected chi connectivity index (χ1v) is 10.3. The second-order valence-corrected chi connectivity index (χ2v) is 7.49. The number of ether oxygens (including phenoxy) is 1. The van der Waals surface area contributed by atoms with Gasteiger partial charge in [0.25, 0.3) is 5.91 Å². The Bertz CT molecular complexity index is 982. The van der Waals surface area contributed by atoms with Crippen LogP contribution in [0.2, 0.25) is 0 Å².